The van der Waals surface area contributed by atoms with Gasteiger partial charge in [0.05, 0.1) is 24.1 Å². The molecular formula is C21H19NO5. The number of benzene rings is 2. The molecule has 3 rings (SSSR count). The van der Waals surface area contributed by atoms with Gasteiger partial charge in [-0.15, -0.1) is 0 Å². The smallest absolute Gasteiger partial charge is 0.306 e. The molecule has 0 fully saturated rings. The summed E-state index contributed by atoms with van der Waals surface area (Å²) in [5.41, 5.74) is 2.33. The van der Waals surface area contributed by atoms with E-state index >= 15 is 0 Å². The van der Waals surface area contributed by atoms with Crippen LogP contribution < -0.4 is 0 Å². The Morgan fingerprint density at radius 3 is 2.07 bits per heavy atom. The largest absolute Gasteiger partial charge is 0.464 e. The molecule has 6 heteroatoms. The molecule has 0 saturated carbocycles. The van der Waals surface area contributed by atoms with Crippen molar-refractivity contribution in [1.29, 1.82) is 0 Å². The Labute approximate surface area is 156 Å². The molecule has 0 N–H and O–H groups in total. The van der Waals surface area contributed by atoms with Gasteiger partial charge >= 0.3 is 5.97 Å². The summed E-state index contributed by atoms with van der Waals surface area (Å²) in [5, 5.41) is 0. The third-order valence-electron chi connectivity index (χ3n) is 4.39. The van der Waals surface area contributed by atoms with Gasteiger partial charge in [-0.1, -0.05) is 42.0 Å². The van der Waals surface area contributed by atoms with E-state index in [-0.39, 0.29) is 43.6 Å². The molecule has 0 saturated heterocycles. The summed E-state index contributed by atoms with van der Waals surface area (Å²) < 4.78 is 5.07. The fourth-order valence-electron chi connectivity index (χ4n) is 2.86. The van der Waals surface area contributed by atoms with Gasteiger partial charge in [0, 0.05) is 12.0 Å². The lowest BCUT2D eigenvalue weighted by Crippen LogP contribution is -2.33. The molecule has 6 nitrogen and oxygen atoms in total. The van der Waals surface area contributed by atoms with Gasteiger partial charge in [-0.05, 0) is 19.1 Å². The Morgan fingerprint density at radius 1 is 0.889 bits per heavy atom. The topological polar surface area (TPSA) is 80.8 Å². The number of rotatable bonds is 7. The molecule has 0 atom stereocenters. The Morgan fingerprint density at radius 2 is 1.48 bits per heavy atom. The van der Waals surface area contributed by atoms with E-state index in [0.717, 1.165) is 10.5 Å². The number of carbonyl (C=O) groups excluding carboxylic acids is 4. The zero-order chi connectivity index (χ0) is 19.4. The molecule has 1 heterocycles. The van der Waals surface area contributed by atoms with Crippen LogP contribution in [-0.2, 0) is 9.53 Å². The van der Waals surface area contributed by atoms with Crippen LogP contribution in [0.25, 0.3) is 0 Å². The van der Waals surface area contributed by atoms with Gasteiger partial charge in [0.1, 0.15) is 6.61 Å². The van der Waals surface area contributed by atoms with Gasteiger partial charge in [0.2, 0.25) is 0 Å². The van der Waals surface area contributed by atoms with E-state index in [4.69, 9.17) is 4.74 Å². The van der Waals surface area contributed by atoms with Crippen molar-refractivity contribution in [3.63, 3.8) is 0 Å². The zero-order valence-electron chi connectivity index (χ0n) is 14.9. The molecule has 2 aromatic carbocycles. The second-order valence-corrected chi connectivity index (χ2v) is 6.32. The first-order valence-electron chi connectivity index (χ1n) is 8.68. The monoisotopic (exact) mass is 365 g/mol. The van der Waals surface area contributed by atoms with Crippen LogP contribution in [-0.4, -0.2) is 41.6 Å². The van der Waals surface area contributed by atoms with Crippen LogP contribution in [0.2, 0.25) is 0 Å². The highest BCUT2D eigenvalue weighted by Crippen LogP contribution is 2.21. The summed E-state index contributed by atoms with van der Waals surface area (Å²) in [5.74, 6) is -1.44. The van der Waals surface area contributed by atoms with Crippen molar-refractivity contribution in [2.45, 2.75) is 19.8 Å². The number of nitrogens with zero attached hydrogens (tertiary/aromatic N) is 1. The average Bonchev–Trinajstić information content (AvgIpc) is 2.92. The number of hydrogen-bond donors (Lipinski definition) is 0. The first-order chi connectivity index (χ1) is 13.0. The number of ketones is 1. The third kappa shape index (κ3) is 4.11. The van der Waals surface area contributed by atoms with Gasteiger partial charge in [-0.25, -0.2) is 0 Å². The normalized spacial score (nSPS) is 12.9. The number of fused-ring (bicyclic) bond motifs is 1. The molecule has 0 radical (unpaired) electrons. The van der Waals surface area contributed by atoms with E-state index in [0.29, 0.717) is 16.7 Å². The van der Waals surface area contributed by atoms with E-state index in [9.17, 15) is 19.2 Å². The van der Waals surface area contributed by atoms with Crippen LogP contribution >= 0.6 is 0 Å². The molecule has 0 aliphatic carbocycles. The Kier molecular flexibility index (Phi) is 5.45. The second-order valence-electron chi connectivity index (χ2n) is 6.32. The number of esters is 1. The maximum atomic E-state index is 12.2. The fourth-order valence-corrected chi connectivity index (χ4v) is 2.86. The van der Waals surface area contributed by atoms with Crippen LogP contribution in [0.1, 0.15) is 49.5 Å². The number of aryl methyl sites for hydroxylation is 1. The highest BCUT2D eigenvalue weighted by molar-refractivity contribution is 6.21. The lowest BCUT2D eigenvalue weighted by atomic mass is 10.1. The van der Waals surface area contributed by atoms with E-state index in [1.165, 1.54) is 0 Å². The summed E-state index contributed by atoms with van der Waals surface area (Å²) in [7, 11) is 0. The van der Waals surface area contributed by atoms with Crippen LogP contribution in [0.15, 0.2) is 48.5 Å². The second kappa shape index (κ2) is 7.95. The molecule has 1 aliphatic rings. The van der Waals surface area contributed by atoms with Crippen molar-refractivity contribution in [1.82, 2.24) is 4.90 Å². The van der Waals surface area contributed by atoms with Crippen molar-refractivity contribution in [3.8, 4) is 0 Å². The van der Waals surface area contributed by atoms with E-state index in [1.54, 1.807) is 36.4 Å². The van der Waals surface area contributed by atoms with Gasteiger partial charge in [0.15, 0.2) is 5.78 Å². The van der Waals surface area contributed by atoms with Crippen molar-refractivity contribution in [2.75, 3.05) is 13.2 Å². The Bertz CT molecular complexity index is 866. The number of amides is 2. The first kappa shape index (κ1) is 18.5. The van der Waals surface area contributed by atoms with Crippen molar-refractivity contribution in [2.24, 2.45) is 0 Å². The molecule has 0 aromatic heterocycles. The maximum Gasteiger partial charge on any atom is 0.306 e. The summed E-state index contributed by atoms with van der Waals surface area (Å²) in [6.07, 6.45) is 0.00371. The minimum absolute atomic E-state index is 0.00993. The van der Waals surface area contributed by atoms with Crippen molar-refractivity contribution in [3.05, 3.63) is 70.8 Å². The van der Waals surface area contributed by atoms with Crippen LogP contribution in [0.5, 0.6) is 0 Å². The lowest BCUT2D eigenvalue weighted by molar-refractivity contribution is -0.143. The summed E-state index contributed by atoms with van der Waals surface area (Å²) in [4.78, 5) is 49.3. The fraction of sp³-hybridized carbons (Fsp3) is 0.238. The highest BCUT2D eigenvalue weighted by atomic mass is 16.5. The van der Waals surface area contributed by atoms with Crippen LogP contribution in [0, 0.1) is 6.92 Å². The lowest BCUT2D eigenvalue weighted by Gasteiger charge is -2.13. The van der Waals surface area contributed by atoms with Gasteiger partial charge in [-0.2, -0.15) is 0 Å². The molecule has 138 valence electrons. The molecule has 0 unspecified atom stereocenters. The number of hydrogen-bond acceptors (Lipinski definition) is 5. The quantitative estimate of drug-likeness (QED) is 0.428. The Balaban J connectivity index is 1.44. The molecule has 0 spiro atoms. The van der Waals surface area contributed by atoms with Crippen molar-refractivity contribution >= 4 is 23.6 Å². The standard InChI is InChI=1S/C21H19NO5/c1-14-6-8-15(9-7-14)18(23)10-11-19(24)27-13-12-22-20(25)16-4-2-3-5-17(16)21(22)26/h2-9H,10-13H2,1H3. The minimum Gasteiger partial charge on any atom is -0.464 e. The maximum absolute atomic E-state index is 12.2. The van der Waals surface area contributed by atoms with Gasteiger partial charge in [-0.3, -0.25) is 24.1 Å². The molecule has 27 heavy (non-hydrogen) atoms. The minimum atomic E-state index is -0.535. The molecular weight excluding hydrogens is 346 g/mol. The Hall–Kier alpha value is -3.28. The van der Waals surface area contributed by atoms with E-state index in [1.807, 2.05) is 19.1 Å². The van der Waals surface area contributed by atoms with Gasteiger partial charge in [0.25, 0.3) is 11.8 Å². The predicted octanol–water partition coefficient (Wildman–Crippen LogP) is 2.80. The molecule has 1 aliphatic heterocycles. The van der Waals surface area contributed by atoms with Crippen LogP contribution in [0.3, 0.4) is 0 Å². The van der Waals surface area contributed by atoms with E-state index < -0.39 is 5.97 Å². The van der Waals surface area contributed by atoms with Crippen molar-refractivity contribution < 1.29 is 23.9 Å². The molecule has 2 aromatic rings. The summed E-state index contributed by atoms with van der Waals surface area (Å²) >= 11 is 0. The first-order valence-corrected chi connectivity index (χ1v) is 8.68. The molecule has 0 bridgehead atoms. The number of imide groups is 1. The zero-order valence-corrected chi connectivity index (χ0v) is 14.9. The SMILES string of the molecule is Cc1ccc(C(=O)CCC(=O)OCCN2C(=O)c3ccccc3C2=O)cc1. The number of ether oxygens (including phenoxy) is 1. The molecule has 2 amide bonds. The third-order valence-corrected chi connectivity index (χ3v) is 4.39. The summed E-state index contributed by atoms with van der Waals surface area (Å²) in [6, 6.07) is 13.7. The van der Waals surface area contributed by atoms with Crippen LogP contribution in [0.4, 0.5) is 0 Å². The van der Waals surface area contributed by atoms with Gasteiger partial charge < -0.3 is 4.74 Å². The average molecular weight is 365 g/mol. The highest BCUT2D eigenvalue weighted by Gasteiger charge is 2.34. The summed E-state index contributed by atoms with van der Waals surface area (Å²) in [6.45, 7) is 1.83. The predicted molar refractivity (Wildman–Crippen MR) is 97.5 cm³/mol. The number of Topliss-reactive ketones (excluding diaryl/α,β-unsaturated/α-hetero) is 1. The van der Waals surface area contributed by atoms with E-state index in [2.05, 4.69) is 0 Å². The number of carbonyl (C=O) groups is 4.